The van der Waals surface area contributed by atoms with Crippen molar-refractivity contribution in [3.8, 4) is 5.88 Å². The monoisotopic (exact) mass is 359 g/mol. The van der Waals surface area contributed by atoms with E-state index in [9.17, 15) is 13.9 Å². The molecular weight excluding hydrogens is 340 g/mol. The third-order valence-electron chi connectivity index (χ3n) is 4.06. The number of anilines is 1. The van der Waals surface area contributed by atoms with E-state index in [2.05, 4.69) is 20.3 Å². The molecule has 0 aromatic carbocycles. The number of ether oxygens (including phenoxy) is 2. The summed E-state index contributed by atoms with van der Waals surface area (Å²) < 4.78 is 40.3. The Bertz CT molecular complexity index is 786. The average molecular weight is 359 g/mol. The number of nitrogens with zero attached hydrogens (tertiary/aromatic N) is 4. The van der Waals surface area contributed by atoms with Gasteiger partial charge >= 0.3 is 0 Å². The molecule has 1 aliphatic rings. The maximum atomic E-state index is 14.4. The Morgan fingerprint density at radius 2 is 2.20 bits per heavy atom. The summed E-state index contributed by atoms with van der Waals surface area (Å²) >= 11 is 0. The number of halogens is 2. The van der Waals surface area contributed by atoms with E-state index in [0.717, 1.165) is 6.92 Å². The standard InChI is InChI=1S/C14H19F2N5O4/c1-4-24-9-7-8(19-12(17-3)20-9)21(6-18-7)11-13(2,23)10(15)14(16,5-22)25-11/h6,10-11,22-23H,4-5H2,1-3H3,(H,17,19,20)/t10-,11+,13+,14+/m0/s1. The molecule has 9 nitrogen and oxygen atoms in total. The van der Waals surface area contributed by atoms with Crippen LogP contribution in [0.5, 0.6) is 5.88 Å². The van der Waals surface area contributed by atoms with Crippen LogP contribution in [0.25, 0.3) is 11.2 Å². The van der Waals surface area contributed by atoms with Gasteiger partial charge in [0.1, 0.15) is 12.2 Å². The molecule has 0 spiro atoms. The van der Waals surface area contributed by atoms with Gasteiger partial charge in [-0.1, -0.05) is 0 Å². The van der Waals surface area contributed by atoms with Crippen molar-refractivity contribution in [1.29, 1.82) is 0 Å². The number of aliphatic hydroxyl groups excluding tert-OH is 1. The summed E-state index contributed by atoms with van der Waals surface area (Å²) in [6, 6.07) is 0. The third kappa shape index (κ3) is 2.58. The first kappa shape index (κ1) is 17.7. The molecule has 3 rings (SSSR count). The molecule has 0 saturated carbocycles. The number of imidazole rings is 1. The summed E-state index contributed by atoms with van der Waals surface area (Å²) in [6.07, 6.45) is -2.75. The predicted molar refractivity (Wildman–Crippen MR) is 82.6 cm³/mol. The van der Waals surface area contributed by atoms with Crippen LogP contribution in [-0.2, 0) is 4.74 Å². The number of rotatable bonds is 5. The smallest absolute Gasteiger partial charge is 0.268 e. The van der Waals surface area contributed by atoms with Crippen molar-refractivity contribution in [2.75, 3.05) is 25.6 Å². The lowest BCUT2D eigenvalue weighted by Gasteiger charge is -2.25. The second kappa shape index (κ2) is 6.00. The minimum absolute atomic E-state index is 0.155. The maximum absolute atomic E-state index is 14.4. The highest BCUT2D eigenvalue weighted by molar-refractivity contribution is 5.78. The number of hydrogen-bond donors (Lipinski definition) is 3. The predicted octanol–water partition coefficient (Wildman–Crippen LogP) is 0.543. The van der Waals surface area contributed by atoms with Gasteiger partial charge in [-0.3, -0.25) is 4.57 Å². The van der Waals surface area contributed by atoms with Crippen molar-refractivity contribution in [3.05, 3.63) is 6.33 Å². The minimum atomic E-state index is -3.04. The molecule has 1 saturated heterocycles. The van der Waals surface area contributed by atoms with E-state index in [-0.39, 0.29) is 23.0 Å². The molecule has 3 N–H and O–H groups in total. The van der Waals surface area contributed by atoms with E-state index in [0.29, 0.717) is 6.61 Å². The van der Waals surface area contributed by atoms with Crippen LogP contribution in [0.15, 0.2) is 6.33 Å². The highest BCUT2D eigenvalue weighted by Crippen LogP contribution is 2.47. The zero-order valence-electron chi connectivity index (χ0n) is 13.9. The van der Waals surface area contributed by atoms with Crippen molar-refractivity contribution in [3.63, 3.8) is 0 Å². The number of alkyl halides is 2. The van der Waals surface area contributed by atoms with Gasteiger partial charge in [0.25, 0.3) is 5.85 Å². The minimum Gasteiger partial charge on any atom is -0.476 e. The molecule has 1 fully saturated rings. The van der Waals surface area contributed by atoms with Crippen LogP contribution in [0.4, 0.5) is 14.7 Å². The lowest BCUT2D eigenvalue weighted by Crippen LogP contribution is -2.45. The Morgan fingerprint density at radius 1 is 1.48 bits per heavy atom. The Hall–Kier alpha value is -2.11. The van der Waals surface area contributed by atoms with Gasteiger partial charge in [-0.2, -0.15) is 9.97 Å². The quantitative estimate of drug-likeness (QED) is 0.709. The van der Waals surface area contributed by atoms with Crippen molar-refractivity contribution < 1.29 is 28.5 Å². The molecule has 0 unspecified atom stereocenters. The fourth-order valence-electron chi connectivity index (χ4n) is 2.79. The topological polar surface area (TPSA) is 115 Å². The second-order valence-electron chi connectivity index (χ2n) is 5.86. The van der Waals surface area contributed by atoms with E-state index in [1.165, 1.54) is 10.9 Å². The normalized spacial score (nSPS) is 32.3. The van der Waals surface area contributed by atoms with Crippen LogP contribution in [-0.4, -0.2) is 67.6 Å². The van der Waals surface area contributed by atoms with Crippen LogP contribution in [0.2, 0.25) is 0 Å². The number of aromatic nitrogens is 4. The molecule has 0 aliphatic carbocycles. The van der Waals surface area contributed by atoms with Gasteiger partial charge in [0, 0.05) is 7.05 Å². The van der Waals surface area contributed by atoms with Gasteiger partial charge in [0.05, 0.1) is 12.9 Å². The first-order chi connectivity index (χ1) is 11.8. The van der Waals surface area contributed by atoms with Crippen LogP contribution in [0.1, 0.15) is 20.1 Å². The molecular formula is C14H19F2N5O4. The van der Waals surface area contributed by atoms with Gasteiger partial charge in [0.2, 0.25) is 11.8 Å². The first-order valence-corrected chi connectivity index (χ1v) is 7.67. The van der Waals surface area contributed by atoms with Crippen molar-refractivity contribution in [2.45, 2.75) is 37.7 Å². The first-order valence-electron chi connectivity index (χ1n) is 7.67. The molecule has 0 radical (unpaired) electrons. The third-order valence-corrected chi connectivity index (χ3v) is 4.06. The zero-order chi connectivity index (χ0) is 18.4. The summed E-state index contributed by atoms with van der Waals surface area (Å²) in [6.45, 7) is 1.93. The summed E-state index contributed by atoms with van der Waals surface area (Å²) in [5.41, 5.74) is -1.86. The molecule has 2 aromatic rings. The second-order valence-corrected chi connectivity index (χ2v) is 5.86. The Balaban J connectivity index is 2.15. The average Bonchev–Trinajstić information content (AvgIpc) is 3.08. The lowest BCUT2D eigenvalue weighted by molar-refractivity contribution is -0.196. The molecule has 3 heterocycles. The maximum Gasteiger partial charge on any atom is 0.268 e. The zero-order valence-corrected chi connectivity index (χ0v) is 13.9. The Labute approximate surface area is 141 Å². The van der Waals surface area contributed by atoms with Gasteiger partial charge in [0.15, 0.2) is 23.6 Å². The SMILES string of the molecule is CCOc1nc(NC)nc2c1ncn2[C@@H]1O[C@](F)(CO)[C@@H](F)[C@@]1(C)O. The summed E-state index contributed by atoms with van der Waals surface area (Å²) in [5.74, 6) is -2.66. The van der Waals surface area contributed by atoms with Crippen molar-refractivity contribution >= 4 is 17.1 Å². The van der Waals surface area contributed by atoms with Gasteiger partial charge in [-0.15, -0.1) is 0 Å². The molecule has 1 aliphatic heterocycles. The molecule has 0 amide bonds. The van der Waals surface area contributed by atoms with E-state index >= 15 is 0 Å². The van der Waals surface area contributed by atoms with Gasteiger partial charge < -0.3 is 25.0 Å². The van der Waals surface area contributed by atoms with E-state index in [1.807, 2.05) is 0 Å². The van der Waals surface area contributed by atoms with Gasteiger partial charge in [-0.05, 0) is 13.8 Å². The van der Waals surface area contributed by atoms with Crippen LogP contribution < -0.4 is 10.1 Å². The Morgan fingerprint density at radius 3 is 2.76 bits per heavy atom. The summed E-state index contributed by atoms with van der Waals surface area (Å²) in [7, 11) is 1.59. The molecule has 25 heavy (non-hydrogen) atoms. The number of nitrogens with one attached hydrogen (secondary N) is 1. The molecule has 0 bridgehead atoms. The lowest BCUT2D eigenvalue weighted by atomic mass is 9.97. The van der Waals surface area contributed by atoms with E-state index in [4.69, 9.17) is 14.6 Å². The molecule has 4 atom stereocenters. The number of fused-ring (bicyclic) bond motifs is 1. The highest BCUT2D eigenvalue weighted by atomic mass is 19.2. The summed E-state index contributed by atoms with van der Waals surface area (Å²) in [5, 5.41) is 22.3. The summed E-state index contributed by atoms with van der Waals surface area (Å²) in [4.78, 5) is 12.4. The van der Waals surface area contributed by atoms with Crippen molar-refractivity contribution in [1.82, 2.24) is 19.5 Å². The molecule has 138 valence electrons. The van der Waals surface area contributed by atoms with Gasteiger partial charge in [-0.25, -0.2) is 13.8 Å². The Kier molecular flexibility index (Phi) is 4.25. The van der Waals surface area contributed by atoms with Crippen molar-refractivity contribution in [2.24, 2.45) is 0 Å². The largest absolute Gasteiger partial charge is 0.476 e. The highest BCUT2D eigenvalue weighted by Gasteiger charge is 2.64. The van der Waals surface area contributed by atoms with E-state index < -0.39 is 30.5 Å². The molecule has 11 heteroatoms. The van der Waals surface area contributed by atoms with Crippen LogP contribution in [0, 0.1) is 0 Å². The van der Waals surface area contributed by atoms with Crippen LogP contribution in [0.3, 0.4) is 0 Å². The number of hydrogen-bond acceptors (Lipinski definition) is 8. The molecule has 2 aromatic heterocycles. The number of aliphatic hydroxyl groups is 2. The van der Waals surface area contributed by atoms with E-state index in [1.54, 1.807) is 14.0 Å². The fraction of sp³-hybridized carbons (Fsp3) is 0.643. The van der Waals surface area contributed by atoms with Crippen LogP contribution >= 0.6 is 0 Å². The fourth-order valence-corrected chi connectivity index (χ4v) is 2.79.